The van der Waals surface area contributed by atoms with Gasteiger partial charge in [-0.1, -0.05) is 32.0 Å². The standard InChI is InChI=1S/C20H25N3O3S/c1-4-22(5-2)13-19(25)23-16(12-15(21-23)18-10-7-11-27-18)14-8-6-9-17(24)20(14)26-3/h6-11,16,24H,4-5,12-13H2,1-3H3/t16-/m1/s1. The quantitative estimate of drug-likeness (QED) is 0.790. The second-order valence-electron chi connectivity index (χ2n) is 6.34. The van der Waals surface area contributed by atoms with Gasteiger partial charge in [0.1, 0.15) is 0 Å². The summed E-state index contributed by atoms with van der Waals surface area (Å²) in [7, 11) is 1.52. The third-order valence-corrected chi connectivity index (χ3v) is 5.73. The van der Waals surface area contributed by atoms with Crippen LogP contribution in [0, 0.1) is 0 Å². The lowest BCUT2D eigenvalue weighted by Crippen LogP contribution is -2.38. The molecule has 1 atom stereocenters. The Labute approximate surface area is 163 Å². The van der Waals surface area contributed by atoms with Gasteiger partial charge in [-0.25, -0.2) is 5.01 Å². The van der Waals surface area contributed by atoms with Crippen molar-refractivity contribution < 1.29 is 14.6 Å². The zero-order chi connectivity index (χ0) is 19.4. The number of carbonyl (C=O) groups excluding carboxylic acids is 1. The van der Waals surface area contributed by atoms with Crippen LogP contribution in [0.1, 0.15) is 36.8 Å². The van der Waals surface area contributed by atoms with E-state index in [1.807, 2.05) is 37.4 Å². The van der Waals surface area contributed by atoms with Gasteiger partial charge in [-0.2, -0.15) is 5.10 Å². The molecule has 27 heavy (non-hydrogen) atoms. The largest absolute Gasteiger partial charge is 0.504 e. The van der Waals surface area contributed by atoms with Crippen LogP contribution in [0.4, 0.5) is 0 Å². The predicted molar refractivity (Wildman–Crippen MR) is 108 cm³/mol. The van der Waals surface area contributed by atoms with E-state index in [1.165, 1.54) is 7.11 Å². The third-order valence-electron chi connectivity index (χ3n) is 4.81. The number of methoxy groups -OCH3 is 1. The monoisotopic (exact) mass is 387 g/mol. The van der Waals surface area contributed by atoms with E-state index in [1.54, 1.807) is 28.5 Å². The molecule has 0 saturated carbocycles. The van der Waals surface area contributed by atoms with Crippen LogP contribution < -0.4 is 4.74 Å². The normalized spacial score (nSPS) is 16.7. The van der Waals surface area contributed by atoms with E-state index in [4.69, 9.17) is 4.74 Å². The Morgan fingerprint density at radius 1 is 1.33 bits per heavy atom. The van der Waals surface area contributed by atoms with Crippen LogP contribution in [0.5, 0.6) is 11.5 Å². The molecule has 0 fully saturated rings. The first-order valence-corrected chi connectivity index (χ1v) is 9.98. The molecular weight excluding hydrogens is 362 g/mol. The lowest BCUT2D eigenvalue weighted by Gasteiger charge is -2.26. The Hall–Kier alpha value is -2.38. The number of carbonyl (C=O) groups is 1. The van der Waals surface area contributed by atoms with E-state index in [2.05, 4.69) is 10.0 Å². The molecule has 0 spiro atoms. The summed E-state index contributed by atoms with van der Waals surface area (Å²) in [5.41, 5.74) is 1.65. The summed E-state index contributed by atoms with van der Waals surface area (Å²) < 4.78 is 5.42. The molecule has 7 heteroatoms. The highest BCUT2D eigenvalue weighted by Crippen LogP contribution is 2.41. The summed E-state index contributed by atoms with van der Waals surface area (Å²) in [5, 5.41) is 18.4. The van der Waals surface area contributed by atoms with Crippen LogP contribution in [0.2, 0.25) is 0 Å². The number of rotatable bonds is 7. The number of aromatic hydroxyl groups is 1. The van der Waals surface area contributed by atoms with E-state index >= 15 is 0 Å². The maximum atomic E-state index is 13.0. The number of likely N-dealkylation sites (N-methyl/N-ethyl adjacent to an activating group) is 1. The average Bonchev–Trinajstić information content (AvgIpc) is 3.35. The lowest BCUT2D eigenvalue weighted by molar-refractivity contribution is -0.134. The van der Waals surface area contributed by atoms with Gasteiger partial charge in [0.25, 0.3) is 5.91 Å². The minimum absolute atomic E-state index is 0.0550. The molecule has 0 saturated heterocycles. The summed E-state index contributed by atoms with van der Waals surface area (Å²) in [6, 6.07) is 8.93. The number of ether oxygens (including phenoxy) is 1. The van der Waals surface area contributed by atoms with Crippen molar-refractivity contribution in [1.29, 1.82) is 0 Å². The zero-order valence-electron chi connectivity index (χ0n) is 15.9. The van der Waals surface area contributed by atoms with Crippen molar-refractivity contribution in [1.82, 2.24) is 9.91 Å². The number of thiophene rings is 1. The molecule has 0 unspecified atom stereocenters. The number of hydrazone groups is 1. The molecule has 0 bridgehead atoms. The van der Waals surface area contributed by atoms with Crippen LogP contribution in [-0.4, -0.2) is 53.4 Å². The SMILES string of the molecule is CCN(CC)CC(=O)N1N=C(c2cccs2)C[C@@H]1c1cccc(O)c1OC. The lowest BCUT2D eigenvalue weighted by atomic mass is 9.99. The Morgan fingerprint density at radius 3 is 2.74 bits per heavy atom. The maximum absolute atomic E-state index is 13.0. The highest BCUT2D eigenvalue weighted by Gasteiger charge is 2.35. The molecule has 0 radical (unpaired) electrons. The Balaban J connectivity index is 1.96. The predicted octanol–water partition coefficient (Wildman–Crippen LogP) is 3.48. The summed E-state index contributed by atoms with van der Waals surface area (Å²) in [6.07, 6.45) is 0.588. The second-order valence-corrected chi connectivity index (χ2v) is 7.29. The molecule has 2 aromatic rings. The molecule has 1 aromatic carbocycles. The summed E-state index contributed by atoms with van der Waals surface area (Å²) in [6.45, 7) is 5.99. The molecule has 1 aliphatic heterocycles. The van der Waals surface area contributed by atoms with Gasteiger partial charge in [0.15, 0.2) is 11.5 Å². The van der Waals surface area contributed by atoms with E-state index in [9.17, 15) is 9.90 Å². The van der Waals surface area contributed by atoms with E-state index < -0.39 is 0 Å². The molecule has 1 N–H and O–H groups in total. The molecule has 2 heterocycles. The molecule has 144 valence electrons. The van der Waals surface area contributed by atoms with Crippen molar-refractivity contribution in [3.8, 4) is 11.5 Å². The molecule has 3 rings (SSSR count). The number of hydrogen-bond donors (Lipinski definition) is 1. The first kappa shape index (κ1) is 19.4. The zero-order valence-corrected chi connectivity index (χ0v) is 16.7. The number of phenolic OH excluding ortho intramolecular Hbond substituents is 1. The van der Waals surface area contributed by atoms with Crippen LogP contribution in [0.3, 0.4) is 0 Å². The number of benzene rings is 1. The van der Waals surface area contributed by atoms with Crippen molar-refractivity contribution in [2.75, 3.05) is 26.7 Å². The van der Waals surface area contributed by atoms with Gasteiger partial charge in [0.05, 0.1) is 30.3 Å². The Bertz CT molecular complexity index is 816. The van der Waals surface area contributed by atoms with Crippen molar-refractivity contribution in [2.24, 2.45) is 5.10 Å². The third kappa shape index (κ3) is 3.99. The highest BCUT2D eigenvalue weighted by atomic mass is 32.1. The van der Waals surface area contributed by atoms with E-state index in [0.29, 0.717) is 18.7 Å². The number of amides is 1. The van der Waals surface area contributed by atoms with Crippen LogP contribution >= 0.6 is 11.3 Å². The smallest absolute Gasteiger partial charge is 0.257 e. The van der Waals surface area contributed by atoms with Crippen LogP contribution in [0.25, 0.3) is 0 Å². The fraction of sp³-hybridized carbons (Fsp3) is 0.400. The fourth-order valence-corrected chi connectivity index (χ4v) is 4.03. The van der Waals surface area contributed by atoms with E-state index in [-0.39, 0.29) is 17.7 Å². The second kappa shape index (κ2) is 8.54. The first-order chi connectivity index (χ1) is 13.1. The highest BCUT2D eigenvalue weighted by molar-refractivity contribution is 7.12. The van der Waals surface area contributed by atoms with Crippen LogP contribution in [-0.2, 0) is 4.79 Å². The van der Waals surface area contributed by atoms with Crippen molar-refractivity contribution in [3.63, 3.8) is 0 Å². The number of nitrogens with zero attached hydrogens (tertiary/aromatic N) is 3. The van der Waals surface area contributed by atoms with Gasteiger partial charge in [0, 0.05) is 12.0 Å². The van der Waals surface area contributed by atoms with Crippen molar-refractivity contribution in [2.45, 2.75) is 26.3 Å². The van der Waals surface area contributed by atoms with Gasteiger partial charge >= 0.3 is 0 Å². The summed E-state index contributed by atoms with van der Waals surface area (Å²) in [4.78, 5) is 16.2. The molecule has 1 aliphatic rings. The van der Waals surface area contributed by atoms with Gasteiger partial charge in [0.2, 0.25) is 0 Å². The van der Waals surface area contributed by atoms with Crippen molar-refractivity contribution >= 4 is 23.0 Å². The molecular formula is C20H25N3O3S. The molecule has 6 nitrogen and oxygen atoms in total. The fourth-order valence-electron chi connectivity index (χ4n) is 3.31. The Kier molecular flexibility index (Phi) is 6.13. The minimum atomic E-state index is -0.299. The van der Waals surface area contributed by atoms with Gasteiger partial charge < -0.3 is 9.84 Å². The van der Waals surface area contributed by atoms with Gasteiger partial charge in [-0.05, 0) is 30.6 Å². The van der Waals surface area contributed by atoms with Crippen LogP contribution in [0.15, 0.2) is 40.8 Å². The number of para-hydroxylation sites is 1. The summed E-state index contributed by atoms with van der Waals surface area (Å²) in [5.74, 6) is 0.405. The number of hydrogen-bond acceptors (Lipinski definition) is 6. The van der Waals surface area contributed by atoms with Gasteiger partial charge in [-0.15, -0.1) is 11.3 Å². The topological polar surface area (TPSA) is 65.4 Å². The average molecular weight is 388 g/mol. The van der Waals surface area contributed by atoms with Gasteiger partial charge in [-0.3, -0.25) is 9.69 Å². The summed E-state index contributed by atoms with van der Waals surface area (Å²) >= 11 is 1.61. The Morgan fingerprint density at radius 2 is 2.11 bits per heavy atom. The molecule has 1 amide bonds. The number of phenols is 1. The van der Waals surface area contributed by atoms with Crippen molar-refractivity contribution in [3.05, 3.63) is 46.2 Å². The molecule has 1 aromatic heterocycles. The van der Waals surface area contributed by atoms with E-state index in [0.717, 1.165) is 29.2 Å². The maximum Gasteiger partial charge on any atom is 0.257 e. The first-order valence-electron chi connectivity index (χ1n) is 9.10. The molecule has 0 aliphatic carbocycles. The minimum Gasteiger partial charge on any atom is -0.504 e.